The fourth-order valence-corrected chi connectivity index (χ4v) is 2.39. The fourth-order valence-electron chi connectivity index (χ4n) is 2.39. The molecule has 2 amide bonds. The number of amides is 2. The molecule has 0 aliphatic rings. The van der Waals surface area contributed by atoms with Gasteiger partial charge in [0.25, 0.3) is 5.91 Å². The first-order chi connectivity index (χ1) is 12.9. The first-order valence-electron chi connectivity index (χ1n) is 8.59. The van der Waals surface area contributed by atoms with Gasteiger partial charge in [0.1, 0.15) is 11.5 Å². The summed E-state index contributed by atoms with van der Waals surface area (Å²) in [4.78, 5) is 23.9. The van der Waals surface area contributed by atoms with Crippen LogP contribution in [0.1, 0.15) is 29.8 Å². The molecule has 6 nitrogen and oxygen atoms in total. The number of anilines is 1. The summed E-state index contributed by atoms with van der Waals surface area (Å²) >= 11 is 0. The smallest absolute Gasteiger partial charge is 0.251 e. The van der Waals surface area contributed by atoms with Crippen LogP contribution in [0.15, 0.2) is 48.5 Å². The third-order valence-corrected chi connectivity index (χ3v) is 3.61. The highest BCUT2D eigenvalue weighted by molar-refractivity contribution is 6.03. The van der Waals surface area contributed by atoms with Crippen LogP contribution in [0.5, 0.6) is 11.5 Å². The minimum Gasteiger partial charge on any atom is -0.495 e. The van der Waals surface area contributed by atoms with E-state index in [2.05, 4.69) is 10.6 Å². The van der Waals surface area contributed by atoms with Crippen molar-refractivity contribution in [2.45, 2.75) is 20.0 Å². The molecule has 0 aliphatic heterocycles. The summed E-state index contributed by atoms with van der Waals surface area (Å²) in [6.45, 7) is 3.91. The second-order valence-electron chi connectivity index (χ2n) is 6.06. The standard InChI is InChI=1S/C21H24N2O4/c1-14(2)27-17-7-5-6-15(12-17)8-11-20(24)23-18-10-9-16(21(25)22-3)13-19(18)26-4/h5-14H,1-4H3,(H,22,25)(H,23,24)/b11-8+. The van der Waals surface area contributed by atoms with Crippen molar-refractivity contribution in [1.82, 2.24) is 5.32 Å². The van der Waals surface area contributed by atoms with Crippen molar-refractivity contribution < 1.29 is 19.1 Å². The predicted octanol–water partition coefficient (Wildman–Crippen LogP) is 3.49. The summed E-state index contributed by atoms with van der Waals surface area (Å²) in [7, 11) is 3.03. The average molecular weight is 368 g/mol. The monoisotopic (exact) mass is 368 g/mol. The number of methoxy groups -OCH3 is 1. The molecule has 0 unspecified atom stereocenters. The van der Waals surface area contributed by atoms with Crippen molar-refractivity contribution >= 4 is 23.6 Å². The highest BCUT2D eigenvalue weighted by Crippen LogP contribution is 2.25. The molecule has 2 N–H and O–H groups in total. The number of rotatable bonds is 7. The van der Waals surface area contributed by atoms with Crippen LogP contribution in [0, 0.1) is 0 Å². The molecular formula is C21H24N2O4. The van der Waals surface area contributed by atoms with Gasteiger partial charge in [0, 0.05) is 18.7 Å². The van der Waals surface area contributed by atoms with E-state index in [1.54, 1.807) is 31.3 Å². The first kappa shape index (κ1) is 20.0. The van der Waals surface area contributed by atoms with Crippen LogP contribution in [0.2, 0.25) is 0 Å². The molecule has 0 aliphatic carbocycles. The Morgan fingerprint density at radius 3 is 2.56 bits per heavy atom. The van der Waals surface area contributed by atoms with Crippen molar-refractivity contribution in [3.8, 4) is 11.5 Å². The molecule has 0 heterocycles. The van der Waals surface area contributed by atoms with Gasteiger partial charge in [-0.25, -0.2) is 0 Å². The Balaban J connectivity index is 2.09. The zero-order valence-corrected chi connectivity index (χ0v) is 15.9. The molecule has 0 bridgehead atoms. The first-order valence-corrected chi connectivity index (χ1v) is 8.59. The van der Waals surface area contributed by atoms with Crippen LogP contribution >= 0.6 is 0 Å². The zero-order valence-electron chi connectivity index (χ0n) is 15.9. The van der Waals surface area contributed by atoms with E-state index in [4.69, 9.17) is 9.47 Å². The fraction of sp³-hybridized carbons (Fsp3) is 0.238. The Morgan fingerprint density at radius 1 is 1.11 bits per heavy atom. The summed E-state index contributed by atoms with van der Waals surface area (Å²) in [5, 5.41) is 5.29. The number of carbonyl (C=O) groups is 2. The van der Waals surface area contributed by atoms with Crippen molar-refractivity contribution in [1.29, 1.82) is 0 Å². The van der Waals surface area contributed by atoms with E-state index in [0.29, 0.717) is 17.0 Å². The largest absolute Gasteiger partial charge is 0.495 e. The van der Waals surface area contributed by atoms with E-state index in [-0.39, 0.29) is 17.9 Å². The van der Waals surface area contributed by atoms with Gasteiger partial charge in [0.05, 0.1) is 18.9 Å². The molecule has 0 saturated heterocycles. The highest BCUT2D eigenvalue weighted by Gasteiger charge is 2.10. The van der Waals surface area contributed by atoms with E-state index in [0.717, 1.165) is 11.3 Å². The lowest BCUT2D eigenvalue weighted by Crippen LogP contribution is -2.18. The summed E-state index contributed by atoms with van der Waals surface area (Å²) in [6, 6.07) is 12.3. The van der Waals surface area contributed by atoms with Crippen LogP contribution in [-0.2, 0) is 4.79 Å². The molecular weight excluding hydrogens is 344 g/mol. The number of hydrogen-bond acceptors (Lipinski definition) is 4. The average Bonchev–Trinajstić information content (AvgIpc) is 2.65. The summed E-state index contributed by atoms with van der Waals surface area (Å²) in [6.07, 6.45) is 3.21. The molecule has 0 radical (unpaired) electrons. The minimum atomic E-state index is -0.309. The third kappa shape index (κ3) is 5.88. The molecule has 2 aromatic rings. The zero-order chi connectivity index (χ0) is 19.8. The van der Waals surface area contributed by atoms with Crippen LogP contribution < -0.4 is 20.1 Å². The minimum absolute atomic E-state index is 0.0813. The van der Waals surface area contributed by atoms with Gasteiger partial charge >= 0.3 is 0 Å². The molecule has 0 spiro atoms. The normalized spacial score (nSPS) is 10.7. The van der Waals surface area contributed by atoms with Crippen LogP contribution in [0.25, 0.3) is 6.08 Å². The van der Waals surface area contributed by atoms with Crippen molar-refractivity contribution in [3.05, 3.63) is 59.7 Å². The third-order valence-electron chi connectivity index (χ3n) is 3.61. The molecule has 27 heavy (non-hydrogen) atoms. The number of ether oxygens (including phenoxy) is 2. The Kier molecular flexibility index (Phi) is 7.00. The van der Waals surface area contributed by atoms with Gasteiger partial charge in [-0.05, 0) is 55.8 Å². The van der Waals surface area contributed by atoms with E-state index in [1.165, 1.54) is 13.2 Å². The molecule has 142 valence electrons. The molecule has 6 heteroatoms. The topological polar surface area (TPSA) is 76.7 Å². The number of carbonyl (C=O) groups excluding carboxylic acids is 2. The van der Waals surface area contributed by atoms with E-state index in [1.807, 2.05) is 38.1 Å². The SMILES string of the molecule is CNC(=O)c1ccc(NC(=O)/C=C/c2cccc(OC(C)C)c2)c(OC)c1. The predicted molar refractivity (Wildman–Crippen MR) is 106 cm³/mol. The number of nitrogens with one attached hydrogen (secondary N) is 2. The maximum Gasteiger partial charge on any atom is 0.251 e. The molecule has 0 atom stereocenters. The Bertz CT molecular complexity index is 844. The Hall–Kier alpha value is -3.28. The Morgan fingerprint density at radius 2 is 1.89 bits per heavy atom. The van der Waals surface area contributed by atoms with Crippen molar-refractivity contribution in [2.24, 2.45) is 0 Å². The van der Waals surface area contributed by atoms with E-state index in [9.17, 15) is 9.59 Å². The van der Waals surface area contributed by atoms with Crippen molar-refractivity contribution in [2.75, 3.05) is 19.5 Å². The molecule has 2 aromatic carbocycles. The number of hydrogen-bond donors (Lipinski definition) is 2. The van der Waals surface area contributed by atoms with Gasteiger partial charge in [0.2, 0.25) is 5.91 Å². The summed E-state index contributed by atoms with van der Waals surface area (Å²) < 4.78 is 10.9. The van der Waals surface area contributed by atoms with Gasteiger partial charge in [-0.2, -0.15) is 0 Å². The second-order valence-corrected chi connectivity index (χ2v) is 6.06. The van der Waals surface area contributed by atoms with Crippen molar-refractivity contribution in [3.63, 3.8) is 0 Å². The van der Waals surface area contributed by atoms with Crippen LogP contribution in [0.3, 0.4) is 0 Å². The lowest BCUT2D eigenvalue weighted by Gasteiger charge is -2.11. The molecule has 0 aromatic heterocycles. The van der Waals surface area contributed by atoms with E-state index >= 15 is 0 Å². The lowest BCUT2D eigenvalue weighted by molar-refractivity contribution is -0.111. The van der Waals surface area contributed by atoms with Crippen LogP contribution in [-0.4, -0.2) is 32.1 Å². The van der Waals surface area contributed by atoms with Gasteiger partial charge in [-0.3, -0.25) is 9.59 Å². The van der Waals surface area contributed by atoms with Crippen LogP contribution in [0.4, 0.5) is 5.69 Å². The Labute approximate surface area is 159 Å². The quantitative estimate of drug-likeness (QED) is 0.734. The highest BCUT2D eigenvalue weighted by atomic mass is 16.5. The van der Waals surface area contributed by atoms with Gasteiger partial charge in [-0.15, -0.1) is 0 Å². The summed E-state index contributed by atoms with van der Waals surface area (Å²) in [5.74, 6) is 0.620. The van der Waals surface area contributed by atoms with Gasteiger partial charge in [-0.1, -0.05) is 12.1 Å². The van der Waals surface area contributed by atoms with E-state index < -0.39 is 0 Å². The lowest BCUT2D eigenvalue weighted by atomic mass is 10.1. The molecule has 2 rings (SSSR count). The maximum absolute atomic E-state index is 12.2. The second kappa shape index (κ2) is 9.43. The van der Waals surface area contributed by atoms with Gasteiger partial charge < -0.3 is 20.1 Å². The maximum atomic E-state index is 12.2. The van der Waals surface area contributed by atoms with Gasteiger partial charge in [0.15, 0.2) is 0 Å². The molecule has 0 fully saturated rings. The summed E-state index contributed by atoms with van der Waals surface area (Å²) in [5.41, 5.74) is 1.78. The molecule has 0 saturated carbocycles. The number of benzene rings is 2.